The Hall–Kier alpha value is -0.0700. The van der Waals surface area contributed by atoms with Crippen LogP contribution in [0.2, 0.25) is 0 Å². The lowest BCUT2D eigenvalue weighted by atomic mass is 10.0. The van der Waals surface area contributed by atoms with Crippen LogP contribution >= 0.6 is 0 Å². The molecule has 0 aromatic heterocycles. The first-order chi connectivity index (χ1) is 4.01. The first-order valence-corrected chi connectivity index (χ1v) is 3.70. The van der Waals surface area contributed by atoms with Crippen molar-refractivity contribution in [3.63, 3.8) is 0 Å². The van der Waals surface area contributed by atoms with Gasteiger partial charge in [0.2, 0.25) is 0 Å². The summed E-state index contributed by atoms with van der Waals surface area (Å²) in [6.45, 7) is 5.98. The van der Waals surface area contributed by atoms with E-state index in [1.54, 1.807) is 6.92 Å². The van der Waals surface area contributed by atoms with Gasteiger partial charge in [-0.05, 0) is 31.6 Å². The lowest BCUT2D eigenvalue weighted by Gasteiger charge is -2.10. The third-order valence-electron chi connectivity index (χ3n) is 2.47. The van der Waals surface area contributed by atoms with Crippen LogP contribution < -0.4 is 0 Å². The summed E-state index contributed by atoms with van der Waals surface area (Å²) >= 11 is 0. The zero-order valence-corrected chi connectivity index (χ0v) is 6.45. The van der Waals surface area contributed by atoms with Crippen molar-refractivity contribution in [3.05, 3.63) is 0 Å². The van der Waals surface area contributed by atoms with E-state index >= 15 is 0 Å². The average molecular weight is 130 g/mol. The smallest absolute Gasteiger partial charge is 0.108 e. The maximum absolute atomic E-state index is 13.1. The largest absolute Gasteiger partial charge is 0.244 e. The van der Waals surface area contributed by atoms with Gasteiger partial charge in [0.1, 0.15) is 5.67 Å². The SMILES string of the molecule is C[C@@H]1CC(C)(F)C[C@@H]1C. The molecule has 1 heteroatoms. The normalized spacial score (nSPS) is 52.0. The zero-order chi connectivity index (χ0) is 7.07. The molecule has 3 atom stereocenters. The first-order valence-electron chi connectivity index (χ1n) is 3.70. The van der Waals surface area contributed by atoms with Gasteiger partial charge in [0, 0.05) is 0 Å². The Morgan fingerprint density at radius 2 is 1.56 bits per heavy atom. The minimum atomic E-state index is -0.862. The van der Waals surface area contributed by atoms with Crippen molar-refractivity contribution >= 4 is 0 Å². The lowest BCUT2D eigenvalue weighted by Crippen LogP contribution is -2.11. The van der Waals surface area contributed by atoms with E-state index in [0.29, 0.717) is 11.8 Å². The molecule has 9 heavy (non-hydrogen) atoms. The molecular formula is C8H15F. The molecule has 1 aliphatic rings. The summed E-state index contributed by atoms with van der Waals surface area (Å²) in [6, 6.07) is 0. The standard InChI is InChI=1S/C8H15F/c1-6-4-8(3,9)5-7(6)2/h6-7H,4-5H2,1-3H3/t6-,7+,8?. The number of alkyl halides is 1. The number of rotatable bonds is 0. The minimum absolute atomic E-state index is 0.583. The second kappa shape index (κ2) is 1.96. The lowest BCUT2D eigenvalue weighted by molar-refractivity contribution is 0.191. The summed E-state index contributed by atoms with van der Waals surface area (Å²) in [5, 5.41) is 0. The van der Waals surface area contributed by atoms with Gasteiger partial charge in [0.25, 0.3) is 0 Å². The fourth-order valence-corrected chi connectivity index (χ4v) is 1.83. The van der Waals surface area contributed by atoms with Gasteiger partial charge in [0.05, 0.1) is 0 Å². The van der Waals surface area contributed by atoms with E-state index in [9.17, 15) is 4.39 Å². The van der Waals surface area contributed by atoms with Gasteiger partial charge >= 0.3 is 0 Å². The Bertz CT molecular complexity index is 95.1. The van der Waals surface area contributed by atoms with Crippen molar-refractivity contribution in [2.75, 3.05) is 0 Å². The van der Waals surface area contributed by atoms with Crippen LogP contribution in [0.15, 0.2) is 0 Å². The Labute approximate surface area is 56.5 Å². The summed E-state index contributed by atoms with van der Waals surface area (Å²) in [4.78, 5) is 0. The third-order valence-corrected chi connectivity index (χ3v) is 2.47. The molecule has 0 spiro atoms. The molecule has 0 radical (unpaired) electrons. The summed E-state index contributed by atoms with van der Waals surface area (Å²) in [5.41, 5.74) is -0.862. The summed E-state index contributed by atoms with van der Waals surface area (Å²) in [6.07, 6.45) is 1.52. The molecule has 1 saturated carbocycles. The quantitative estimate of drug-likeness (QED) is 0.473. The van der Waals surface area contributed by atoms with Crippen LogP contribution in [-0.4, -0.2) is 5.67 Å². The highest BCUT2D eigenvalue weighted by molar-refractivity contribution is 4.87. The van der Waals surface area contributed by atoms with Crippen LogP contribution in [0, 0.1) is 11.8 Å². The minimum Gasteiger partial charge on any atom is -0.244 e. The van der Waals surface area contributed by atoms with Crippen molar-refractivity contribution in [1.82, 2.24) is 0 Å². The molecule has 0 heterocycles. The highest BCUT2D eigenvalue weighted by Crippen LogP contribution is 2.40. The Balaban J connectivity index is 2.54. The summed E-state index contributed by atoms with van der Waals surface area (Å²) in [7, 11) is 0. The Morgan fingerprint density at radius 3 is 1.67 bits per heavy atom. The fraction of sp³-hybridized carbons (Fsp3) is 1.00. The van der Waals surface area contributed by atoms with Gasteiger partial charge in [-0.25, -0.2) is 4.39 Å². The van der Waals surface area contributed by atoms with Crippen molar-refractivity contribution < 1.29 is 4.39 Å². The molecule has 1 fully saturated rings. The van der Waals surface area contributed by atoms with Crippen molar-refractivity contribution in [1.29, 1.82) is 0 Å². The molecule has 0 N–H and O–H groups in total. The van der Waals surface area contributed by atoms with Gasteiger partial charge in [0.15, 0.2) is 0 Å². The molecule has 0 aliphatic heterocycles. The predicted octanol–water partition coefficient (Wildman–Crippen LogP) is 2.78. The second-order valence-corrected chi connectivity index (χ2v) is 3.78. The van der Waals surface area contributed by atoms with E-state index in [4.69, 9.17) is 0 Å². The van der Waals surface area contributed by atoms with Crippen LogP contribution in [0.3, 0.4) is 0 Å². The monoisotopic (exact) mass is 130 g/mol. The van der Waals surface area contributed by atoms with Gasteiger partial charge < -0.3 is 0 Å². The number of hydrogen-bond acceptors (Lipinski definition) is 0. The predicted molar refractivity (Wildman–Crippen MR) is 37.1 cm³/mol. The molecular weight excluding hydrogens is 115 g/mol. The van der Waals surface area contributed by atoms with Crippen LogP contribution in [0.25, 0.3) is 0 Å². The summed E-state index contributed by atoms with van der Waals surface area (Å²) < 4.78 is 13.1. The molecule has 1 rings (SSSR count). The Kier molecular flexibility index (Phi) is 1.54. The summed E-state index contributed by atoms with van der Waals surface area (Å²) in [5.74, 6) is 1.17. The third kappa shape index (κ3) is 1.44. The Morgan fingerprint density at radius 1 is 1.22 bits per heavy atom. The van der Waals surface area contributed by atoms with Gasteiger partial charge in [-0.15, -0.1) is 0 Å². The van der Waals surface area contributed by atoms with Crippen molar-refractivity contribution in [2.24, 2.45) is 11.8 Å². The van der Waals surface area contributed by atoms with Crippen molar-refractivity contribution in [2.45, 2.75) is 39.3 Å². The van der Waals surface area contributed by atoms with Crippen LogP contribution in [0.1, 0.15) is 33.6 Å². The molecule has 54 valence electrons. The molecule has 0 bridgehead atoms. The molecule has 0 aromatic carbocycles. The molecule has 0 saturated heterocycles. The van der Waals surface area contributed by atoms with E-state index in [0.717, 1.165) is 12.8 Å². The zero-order valence-electron chi connectivity index (χ0n) is 6.45. The average Bonchev–Trinajstić information content (AvgIpc) is 1.79. The fourth-order valence-electron chi connectivity index (χ4n) is 1.83. The topological polar surface area (TPSA) is 0 Å². The molecule has 0 nitrogen and oxygen atoms in total. The molecule has 1 unspecified atom stereocenters. The van der Waals surface area contributed by atoms with Crippen molar-refractivity contribution in [3.8, 4) is 0 Å². The highest BCUT2D eigenvalue weighted by Gasteiger charge is 2.37. The van der Waals surface area contributed by atoms with Gasteiger partial charge in [-0.3, -0.25) is 0 Å². The second-order valence-electron chi connectivity index (χ2n) is 3.78. The number of hydrogen-bond donors (Lipinski definition) is 0. The maximum atomic E-state index is 13.1. The van der Waals surface area contributed by atoms with E-state index in [-0.39, 0.29) is 0 Å². The molecule has 0 aromatic rings. The first kappa shape index (κ1) is 7.04. The van der Waals surface area contributed by atoms with Crippen LogP contribution in [0.4, 0.5) is 4.39 Å². The molecule has 1 aliphatic carbocycles. The van der Waals surface area contributed by atoms with Gasteiger partial charge in [-0.1, -0.05) is 13.8 Å². The maximum Gasteiger partial charge on any atom is 0.108 e. The number of halogens is 1. The highest BCUT2D eigenvalue weighted by atomic mass is 19.1. The van der Waals surface area contributed by atoms with E-state index in [2.05, 4.69) is 13.8 Å². The van der Waals surface area contributed by atoms with Crippen LogP contribution in [-0.2, 0) is 0 Å². The van der Waals surface area contributed by atoms with Gasteiger partial charge in [-0.2, -0.15) is 0 Å². The van der Waals surface area contributed by atoms with E-state index in [1.807, 2.05) is 0 Å². The van der Waals surface area contributed by atoms with Crippen LogP contribution in [0.5, 0.6) is 0 Å². The van der Waals surface area contributed by atoms with E-state index < -0.39 is 5.67 Å². The molecule has 0 amide bonds. The van der Waals surface area contributed by atoms with E-state index in [1.165, 1.54) is 0 Å².